The van der Waals surface area contributed by atoms with E-state index in [1.54, 1.807) is 12.4 Å². The van der Waals surface area contributed by atoms with E-state index in [9.17, 15) is 9.59 Å². The molecule has 0 fully saturated rings. The van der Waals surface area contributed by atoms with E-state index >= 15 is 0 Å². The first-order chi connectivity index (χ1) is 16.1. The number of nitrogens with zero attached hydrogens (tertiary/aromatic N) is 3. The molecule has 0 spiro atoms. The van der Waals surface area contributed by atoms with Crippen LogP contribution in [-0.2, 0) is 4.79 Å². The van der Waals surface area contributed by atoms with Crippen molar-refractivity contribution in [2.24, 2.45) is 0 Å². The summed E-state index contributed by atoms with van der Waals surface area (Å²) in [5.74, 6) is 0.827. The summed E-state index contributed by atoms with van der Waals surface area (Å²) in [6, 6.07) is 17.3. The summed E-state index contributed by atoms with van der Waals surface area (Å²) in [5.41, 5.74) is 2.16. The Bertz CT molecular complexity index is 1040. The van der Waals surface area contributed by atoms with Crippen molar-refractivity contribution in [3.8, 4) is 0 Å². The van der Waals surface area contributed by atoms with E-state index in [0.29, 0.717) is 41.6 Å². The van der Waals surface area contributed by atoms with Crippen LogP contribution in [0.4, 0.5) is 17.3 Å². The first-order valence-corrected chi connectivity index (χ1v) is 11.9. The Morgan fingerprint density at radius 1 is 0.818 bits per heavy atom. The summed E-state index contributed by atoms with van der Waals surface area (Å²) in [4.78, 5) is 34.8. The van der Waals surface area contributed by atoms with Gasteiger partial charge in [0.2, 0.25) is 5.95 Å². The number of carbonyl (C=O) groups is 2. The second kappa shape index (κ2) is 12.9. The zero-order chi connectivity index (χ0) is 23.5. The highest BCUT2D eigenvalue weighted by Gasteiger charge is 2.18. The van der Waals surface area contributed by atoms with Crippen LogP contribution in [0.3, 0.4) is 0 Å². The highest BCUT2D eigenvalue weighted by Crippen LogP contribution is 2.36. The number of hydrogen-bond donors (Lipinski definition) is 0. The molecule has 6 heteroatoms. The van der Waals surface area contributed by atoms with Gasteiger partial charge in [-0.25, -0.2) is 9.97 Å². The van der Waals surface area contributed by atoms with Crippen LogP contribution in [0.2, 0.25) is 5.02 Å². The lowest BCUT2D eigenvalue weighted by molar-refractivity contribution is -0.118. The van der Waals surface area contributed by atoms with Crippen LogP contribution in [0.5, 0.6) is 0 Å². The van der Waals surface area contributed by atoms with Gasteiger partial charge in [0.25, 0.3) is 0 Å². The molecule has 3 rings (SSSR count). The predicted molar refractivity (Wildman–Crippen MR) is 134 cm³/mol. The smallest absolute Gasteiger partial charge is 0.234 e. The molecule has 1 aromatic heterocycles. The highest BCUT2D eigenvalue weighted by atomic mass is 35.5. The van der Waals surface area contributed by atoms with Gasteiger partial charge in [0.1, 0.15) is 5.78 Å². The van der Waals surface area contributed by atoms with Crippen LogP contribution in [0.15, 0.2) is 67.0 Å². The van der Waals surface area contributed by atoms with Crippen molar-refractivity contribution in [3.05, 3.63) is 77.6 Å². The van der Waals surface area contributed by atoms with Gasteiger partial charge in [-0.2, -0.15) is 0 Å². The van der Waals surface area contributed by atoms with Crippen LogP contribution in [-0.4, -0.2) is 21.5 Å². The average molecular weight is 464 g/mol. The van der Waals surface area contributed by atoms with E-state index in [1.807, 2.05) is 66.4 Å². The number of para-hydroxylation sites is 2. The molecular formula is C27H30ClN3O2. The fourth-order valence-electron chi connectivity index (χ4n) is 3.61. The average Bonchev–Trinajstić information content (AvgIpc) is 2.85. The van der Waals surface area contributed by atoms with E-state index in [1.165, 1.54) is 0 Å². The van der Waals surface area contributed by atoms with Gasteiger partial charge in [-0.1, -0.05) is 68.1 Å². The summed E-state index contributed by atoms with van der Waals surface area (Å²) in [6.45, 7) is 1.90. The number of Topliss-reactive ketones (excluding diaryl/α,β-unsaturated/α-hetero) is 2. The Kier molecular flexibility index (Phi) is 9.58. The molecule has 0 saturated heterocycles. The summed E-state index contributed by atoms with van der Waals surface area (Å²) in [5, 5.41) is 0.587. The second-order valence-electron chi connectivity index (χ2n) is 7.98. The maximum Gasteiger partial charge on any atom is 0.234 e. The quantitative estimate of drug-likeness (QED) is 0.194. The van der Waals surface area contributed by atoms with Crippen molar-refractivity contribution >= 4 is 40.5 Å². The summed E-state index contributed by atoms with van der Waals surface area (Å²) >= 11 is 6.46. The topological polar surface area (TPSA) is 63.2 Å². The summed E-state index contributed by atoms with van der Waals surface area (Å²) in [7, 11) is 0. The third-order valence-electron chi connectivity index (χ3n) is 5.52. The number of halogens is 1. The highest BCUT2D eigenvalue weighted by molar-refractivity contribution is 6.33. The molecule has 5 nitrogen and oxygen atoms in total. The number of unbranched alkanes of at least 4 members (excludes halogenated alkanes) is 4. The third kappa shape index (κ3) is 7.22. The molecule has 0 saturated carbocycles. The van der Waals surface area contributed by atoms with E-state index in [-0.39, 0.29) is 5.78 Å². The van der Waals surface area contributed by atoms with Crippen LogP contribution < -0.4 is 4.90 Å². The van der Waals surface area contributed by atoms with E-state index in [2.05, 4.69) is 9.97 Å². The molecular weight excluding hydrogens is 434 g/mol. The Hall–Kier alpha value is -3.05. The SMILES string of the molecule is CCC(=O)CCCCCCCC(=O)c1cnc(N(c2ccccc2)c2ccccc2Cl)nc1. The lowest BCUT2D eigenvalue weighted by Gasteiger charge is -2.23. The molecule has 172 valence electrons. The lowest BCUT2D eigenvalue weighted by atomic mass is 10.0. The number of hydrogen-bond acceptors (Lipinski definition) is 5. The molecule has 0 atom stereocenters. The third-order valence-corrected chi connectivity index (χ3v) is 5.84. The first kappa shape index (κ1) is 24.6. The number of ketones is 2. The van der Waals surface area contributed by atoms with Crippen molar-refractivity contribution in [1.29, 1.82) is 0 Å². The van der Waals surface area contributed by atoms with Crippen LogP contribution in [0.1, 0.15) is 68.6 Å². The van der Waals surface area contributed by atoms with Gasteiger partial charge in [0.15, 0.2) is 5.78 Å². The van der Waals surface area contributed by atoms with Crippen molar-refractivity contribution in [2.75, 3.05) is 4.90 Å². The number of carbonyl (C=O) groups excluding carboxylic acids is 2. The van der Waals surface area contributed by atoms with Crippen molar-refractivity contribution in [1.82, 2.24) is 9.97 Å². The summed E-state index contributed by atoms with van der Waals surface area (Å²) < 4.78 is 0. The van der Waals surface area contributed by atoms with Gasteiger partial charge in [0, 0.05) is 37.3 Å². The molecule has 1 heterocycles. The number of aromatic nitrogens is 2. The second-order valence-corrected chi connectivity index (χ2v) is 8.38. The zero-order valence-electron chi connectivity index (χ0n) is 19.0. The molecule has 0 bridgehead atoms. The van der Waals surface area contributed by atoms with Gasteiger partial charge >= 0.3 is 0 Å². The molecule has 33 heavy (non-hydrogen) atoms. The molecule has 0 aliphatic carbocycles. The molecule has 0 radical (unpaired) electrons. The van der Waals surface area contributed by atoms with Crippen LogP contribution in [0, 0.1) is 0 Å². The Labute approximate surface area is 200 Å². The van der Waals surface area contributed by atoms with Gasteiger partial charge in [0.05, 0.1) is 16.3 Å². The van der Waals surface area contributed by atoms with E-state index < -0.39 is 0 Å². The molecule has 0 amide bonds. The minimum absolute atomic E-state index is 0.0479. The fourth-order valence-corrected chi connectivity index (χ4v) is 3.83. The summed E-state index contributed by atoms with van der Waals surface area (Å²) in [6.07, 6.45) is 9.80. The monoisotopic (exact) mass is 463 g/mol. The molecule has 0 unspecified atom stereocenters. The maximum absolute atomic E-state index is 12.6. The van der Waals surface area contributed by atoms with E-state index in [0.717, 1.165) is 43.5 Å². The fraction of sp³-hybridized carbons (Fsp3) is 0.333. The van der Waals surface area contributed by atoms with Crippen molar-refractivity contribution in [2.45, 2.75) is 58.3 Å². The zero-order valence-corrected chi connectivity index (χ0v) is 19.8. The Morgan fingerprint density at radius 3 is 2.09 bits per heavy atom. The van der Waals surface area contributed by atoms with Gasteiger partial charge in [-0.3, -0.25) is 14.5 Å². The van der Waals surface area contributed by atoms with Crippen molar-refractivity contribution in [3.63, 3.8) is 0 Å². The maximum atomic E-state index is 12.6. The van der Waals surface area contributed by atoms with Crippen LogP contribution in [0.25, 0.3) is 0 Å². The minimum Gasteiger partial charge on any atom is -0.300 e. The number of rotatable bonds is 13. The Balaban J connectivity index is 1.60. The van der Waals surface area contributed by atoms with Crippen LogP contribution >= 0.6 is 11.6 Å². The number of benzene rings is 2. The lowest BCUT2D eigenvalue weighted by Crippen LogP contribution is -2.14. The van der Waals surface area contributed by atoms with Gasteiger partial charge in [-0.15, -0.1) is 0 Å². The predicted octanol–water partition coefficient (Wildman–Crippen LogP) is 7.49. The van der Waals surface area contributed by atoms with Crippen molar-refractivity contribution < 1.29 is 9.59 Å². The molecule has 0 N–H and O–H groups in total. The standard InChI is InChI=1S/C27H30ClN3O2/c1-2-23(32)15-9-4-3-5-10-18-26(33)21-19-29-27(30-20-21)31(22-13-7-6-8-14-22)25-17-12-11-16-24(25)28/h6-8,11-14,16-17,19-20H,2-5,9-10,15,18H2,1H3. The van der Waals surface area contributed by atoms with E-state index in [4.69, 9.17) is 11.6 Å². The minimum atomic E-state index is 0.0479. The van der Waals surface area contributed by atoms with Gasteiger partial charge in [-0.05, 0) is 37.1 Å². The normalized spacial score (nSPS) is 10.7. The number of anilines is 3. The Morgan fingerprint density at radius 2 is 1.42 bits per heavy atom. The van der Waals surface area contributed by atoms with Gasteiger partial charge < -0.3 is 0 Å². The first-order valence-electron chi connectivity index (χ1n) is 11.6. The molecule has 0 aliphatic rings. The molecule has 0 aliphatic heterocycles. The largest absolute Gasteiger partial charge is 0.300 e. The molecule has 2 aromatic carbocycles. The molecule has 3 aromatic rings.